The van der Waals surface area contributed by atoms with Crippen molar-refractivity contribution < 1.29 is 0 Å². The molecule has 0 amide bonds. The average molecular weight is 276 g/mol. The van der Waals surface area contributed by atoms with Crippen LogP contribution < -0.4 is 5.73 Å². The molecule has 0 aliphatic rings. The highest BCUT2D eigenvalue weighted by molar-refractivity contribution is 9.11. The molecule has 14 heavy (non-hydrogen) atoms. The van der Waals surface area contributed by atoms with Gasteiger partial charge in [-0.25, -0.2) is 0 Å². The van der Waals surface area contributed by atoms with E-state index in [2.05, 4.69) is 32.3 Å². The molecule has 5 heteroatoms. The van der Waals surface area contributed by atoms with Gasteiger partial charge in [-0.2, -0.15) is 0 Å². The van der Waals surface area contributed by atoms with E-state index in [0.29, 0.717) is 0 Å². The molecular weight excluding hydrogens is 262 g/mol. The van der Waals surface area contributed by atoms with E-state index >= 15 is 0 Å². The number of amidine groups is 1. The van der Waals surface area contributed by atoms with E-state index in [1.165, 1.54) is 5.56 Å². The maximum atomic E-state index is 7.33. The second kappa shape index (κ2) is 4.91. The van der Waals surface area contributed by atoms with Crippen molar-refractivity contribution in [3.8, 4) is 0 Å². The summed E-state index contributed by atoms with van der Waals surface area (Å²) in [5.41, 5.74) is 6.68. The summed E-state index contributed by atoms with van der Waals surface area (Å²) < 4.78 is 1.14. The van der Waals surface area contributed by atoms with Crippen LogP contribution >= 0.6 is 27.3 Å². The minimum absolute atomic E-state index is 0.00586. The number of nitrogens with zero attached hydrogens (tertiary/aromatic N) is 1. The van der Waals surface area contributed by atoms with Crippen molar-refractivity contribution in [3.05, 3.63) is 20.8 Å². The molecule has 1 atom stereocenters. The van der Waals surface area contributed by atoms with Crippen molar-refractivity contribution in [2.45, 2.75) is 19.5 Å². The van der Waals surface area contributed by atoms with E-state index in [0.717, 1.165) is 10.3 Å². The van der Waals surface area contributed by atoms with Gasteiger partial charge in [-0.3, -0.25) is 10.3 Å². The largest absolute Gasteiger partial charge is 0.386 e. The third-order valence-electron chi connectivity index (χ3n) is 2.16. The second-order valence-corrected chi connectivity index (χ2v) is 5.60. The lowest BCUT2D eigenvalue weighted by molar-refractivity contribution is 0.301. The van der Waals surface area contributed by atoms with Crippen LogP contribution in [0.4, 0.5) is 0 Å². The first kappa shape index (κ1) is 11.7. The molecule has 1 unspecified atom stereocenters. The highest BCUT2D eigenvalue weighted by Gasteiger charge is 2.12. The van der Waals surface area contributed by atoms with E-state index in [-0.39, 0.29) is 11.9 Å². The molecule has 0 fully saturated rings. The summed E-state index contributed by atoms with van der Waals surface area (Å²) in [5, 5.41) is 9.44. The van der Waals surface area contributed by atoms with Crippen LogP contribution in [-0.2, 0) is 6.54 Å². The Balaban J connectivity index is 2.56. The number of thiophene rings is 1. The van der Waals surface area contributed by atoms with Crippen LogP contribution in [-0.4, -0.2) is 23.8 Å². The zero-order chi connectivity index (χ0) is 10.7. The first-order chi connectivity index (χ1) is 6.50. The molecule has 1 aromatic heterocycles. The molecule has 78 valence electrons. The molecule has 0 saturated carbocycles. The Hall–Kier alpha value is -0.390. The summed E-state index contributed by atoms with van der Waals surface area (Å²) >= 11 is 5.09. The molecule has 1 rings (SSSR count). The van der Waals surface area contributed by atoms with Crippen molar-refractivity contribution in [2.75, 3.05) is 7.05 Å². The number of nitrogens with two attached hydrogens (primary N) is 1. The number of likely N-dealkylation sites (N-methyl/N-ethyl adjacent to an activating group) is 1. The number of rotatable bonds is 4. The molecule has 3 nitrogen and oxygen atoms in total. The molecule has 0 bridgehead atoms. The van der Waals surface area contributed by atoms with Crippen LogP contribution in [0.25, 0.3) is 0 Å². The van der Waals surface area contributed by atoms with Gasteiger partial charge in [0.25, 0.3) is 0 Å². The number of hydrogen-bond donors (Lipinski definition) is 2. The summed E-state index contributed by atoms with van der Waals surface area (Å²) in [5.74, 6) is 0.210. The predicted octanol–water partition coefficient (Wildman–Crippen LogP) is 2.27. The molecule has 0 saturated heterocycles. The monoisotopic (exact) mass is 275 g/mol. The lowest BCUT2D eigenvalue weighted by Crippen LogP contribution is -2.39. The highest BCUT2D eigenvalue weighted by Crippen LogP contribution is 2.21. The van der Waals surface area contributed by atoms with Crippen molar-refractivity contribution in [1.29, 1.82) is 5.41 Å². The Morgan fingerprint density at radius 1 is 1.79 bits per heavy atom. The minimum Gasteiger partial charge on any atom is -0.386 e. The maximum Gasteiger partial charge on any atom is 0.108 e. The summed E-state index contributed by atoms with van der Waals surface area (Å²) in [4.78, 5) is 2.05. The summed E-state index contributed by atoms with van der Waals surface area (Å²) in [7, 11) is 1.97. The molecule has 1 heterocycles. The molecule has 0 aliphatic heterocycles. The smallest absolute Gasteiger partial charge is 0.108 e. The molecule has 3 N–H and O–H groups in total. The lowest BCUT2D eigenvalue weighted by Gasteiger charge is -2.22. The first-order valence-corrected chi connectivity index (χ1v) is 5.95. The van der Waals surface area contributed by atoms with Gasteiger partial charge in [-0.1, -0.05) is 0 Å². The zero-order valence-electron chi connectivity index (χ0n) is 8.25. The third kappa shape index (κ3) is 3.08. The van der Waals surface area contributed by atoms with Crippen molar-refractivity contribution >= 4 is 33.1 Å². The molecule has 0 radical (unpaired) electrons. The van der Waals surface area contributed by atoms with Crippen LogP contribution in [0.1, 0.15) is 12.5 Å². The SMILES string of the molecule is CC(C(=N)N)N(C)Cc1csc(Br)c1. The maximum absolute atomic E-state index is 7.33. The van der Waals surface area contributed by atoms with Gasteiger partial charge in [0.1, 0.15) is 5.84 Å². The Kier molecular flexibility index (Phi) is 4.10. The molecular formula is C9H14BrN3S. The number of hydrogen-bond acceptors (Lipinski definition) is 3. The van der Waals surface area contributed by atoms with E-state index in [4.69, 9.17) is 11.1 Å². The normalized spacial score (nSPS) is 13.1. The predicted molar refractivity (Wildman–Crippen MR) is 64.9 cm³/mol. The van der Waals surface area contributed by atoms with Gasteiger partial charge in [-0.05, 0) is 46.9 Å². The van der Waals surface area contributed by atoms with Crippen LogP contribution in [0.15, 0.2) is 15.2 Å². The number of nitrogens with one attached hydrogen (secondary N) is 1. The zero-order valence-corrected chi connectivity index (χ0v) is 10.7. The van der Waals surface area contributed by atoms with Gasteiger partial charge in [0.2, 0.25) is 0 Å². The van der Waals surface area contributed by atoms with E-state index in [1.54, 1.807) is 11.3 Å². The molecule has 0 aliphatic carbocycles. The quantitative estimate of drug-likeness (QED) is 0.654. The molecule has 1 aromatic rings. The topological polar surface area (TPSA) is 53.1 Å². The Morgan fingerprint density at radius 2 is 2.43 bits per heavy atom. The van der Waals surface area contributed by atoms with Gasteiger partial charge >= 0.3 is 0 Å². The van der Waals surface area contributed by atoms with Crippen LogP contribution in [0.2, 0.25) is 0 Å². The van der Waals surface area contributed by atoms with Gasteiger partial charge in [0, 0.05) is 6.54 Å². The molecule has 0 aromatic carbocycles. The van der Waals surface area contributed by atoms with Crippen molar-refractivity contribution in [1.82, 2.24) is 4.90 Å². The lowest BCUT2D eigenvalue weighted by atomic mass is 10.2. The van der Waals surface area contributed by atoms with Crippen molar-refractivity contribution in [3.63, 3.8) is 0 Å². The van der Waals surface area contributed by atoms with Gasteiger partial charge in [-0.15, -0.1) is 11.3 Å². The summed E-state index contributed by atoms with van der Waals surface area (Å²) in [6.07, 6.45) is 0. The Morgan fingerprint density at radius 3 is 2.86 bits per heavy atom. The van der Waals surface area contributed by atoms with E-state index < -0.39 is 0 Å². The second-order valence-electron chi connectivity index (χ2n) is 3.31. The molecule has 0 spiro atoms. The highest BCUT2D eigenvalue weighted by atomic mass is 79.9. The van der Waals surface area contributed by atoms with Crippen LogP contribution in [0.3, 0.4) is 0 Å². The Labute approximate surface area is 96.5 Å². The van der Waals surface area contributed by atoms with Gasteiger partial charge in [0.05, 0.1) is 9.83 Å². The fourth-order valence-corrected chi connectivity index (χ4v) is 2.29. The fraction of sp³-hybridized carbons (Fsp3) is 0.444. The standard InChI is InChI=1S/C9H14BrN3S/c1-6(9(11)12)13(2)4-7-3-8(10)14-5-7/h3,5-6H,4H2,1-2H3,(H3,11,12). The summed E-state index contributed by atoms with van der Waals surface area (Å²) in [6, 6.07) is 2.09. The average Bonchev–Trinajstić information content (AvgIpc) is 2.49. The van der Waals surface area contributed by atoms with Crippen LogP contribution in [0.5, 0.6) is 0 Å². The summed E-state index contributed by atoms with van der Waals surface area (Å²) in [6.45, 7) is 2.76. The fourth-order valence-electron chi connectivity index (χ4n) is 1.09. The Bertz CT molecular complexity index is 324. The van der Waals surface area contributed by atoms with E-state index in [1.807, 2.05) is 14.0 Å². The van der Waals surface area contributed by atoms with Crippen LogP contribution in [0, 0.1) is 5.41 Å². The first-order valence-electron chi connectivity index (χ1n) is 4.27. The number of halogens is 1. The minimum atomic E-state index is -0.00586. The third-order valence-corrected chi connectivity index (χ3v) is 3.72. The van der Waals surface area contributed by atoms with Crippen molar-refractivity contribution in [2.24, 2.45) is 5.73 Å². The van der Waals surface area contributed by atoms with Gasteiger partial charge < -0.3 is 5.73 Å². The van der Waals surface area contributed by atoms with Gasteiger partial charge in [0.15, 0.2) is 0 Å². The van der Waals surface area contributed by atoms with E-state index in [9.17, 15) is 0 Å².